The van der Waals surface area contributed by atoms with E-state index in [2.05, 4.69) is 4.98 Å². The molecule has 3 nitrogen and oxygen atoms in total. The summed E-state index contributed by atoms with van der Waals surface area (Å²) in [6.07, 6.45) is 3.73. The quantitative estimate of drug-likeness (QED) is 0.476. The highest BCUT2D eigenvalue weighted by Gasteiger charge is 2.06. The number of aromatic nitrogens is 1. The van der Waals surface area contributed by atoms with Crippen LogP contribution < -0.4 is 0 Å². The summed E-state index contributed by atoms with van der Waals surface area (Å²) in [7, 11) is 0. The van der Waals surface area contributed by atoms with E-state index in [0.717, 1.165) is 16.5 Å². The molecule has 0 saturated heterocycles. The molecule has 20 heavy (non-hydrogen) atoms. The Morgan fingerprint density at radius 1 is 1.05 bits per heavy atom. The first kappa shape index (κ1) is 18.8. The molecular formula is C15H23N3S2. The van der Waals surface area contributed by atoms with Crippen LogP contribution in [-0.4, -0.2) is 20.7 Å². The second-order valence-electron chi connectivity index (χ2n) is 3.20. The van der Waals surface area contributed by atoms with E-state index in [9.17, 15) is 0 Å². The van der Waals surface area contributed by atoms with Gasteiger partial charge >= 0.3 is 0 Å². The van der Waals surface area contributed by atoms with Gasteiger partial charge in [0.25, 0.3) is 0 Å². The van der Waals surface area contributed by atoms with Crippen molar-refractivity contribution < 1.29 is 0 Å². The van der Waals surface area contributed by atoms with E-state index in [1.54, 1.807) is 0 Å². The van der Waals surface area contributed by atoms with E-state index in [0.29, 0.717) is 9.42 Å². The van der Waals surface area contributed by atoms with E-state index in [-0.39, 0.29) is 0 Å². The Bertz CT molecular complexity index is 547. The number of fused-ring (bicyclic) bond motifs is 1. The minimum atomic E-state index is 0.419. The van der Waals surface area contributed by atoms with Gasteiger partial charge in [-0.15, -0.1) is 11.8 Å². The van der Waals surface area contributed by atoms with Crippen LogP contribution in [-0.2, 0) is 0 Å². The molecule has 110 valence electrons. The Hall–Kier alpha value is -1.20. The molecule has 0 radical (unpaired) electrons. The van der Waals surface area contributed by atoms with Crippen molar-refractivity contribution in [3.63, 3.8) is 0 Å². The fraction of sp³-hybridized carbons (Fsp3) is 0.333. The average molecular weight is 310 g/mol. The van der Waals surface area contributed by atoms with Crippen molar-refractivity contribution >= 4 is 43.8 Å². The Balaban J connectivity index is 0.000000829. The second-order valence-corrected chi connectivity index (χ2v) is 5.30. The second kappa shape index (κ2) is 10.6. The molecule has 0 amide bonds. The molecule has 1 heterocycles. The summed E-state index contributed by atoms with van der Waals surface area (Å²) < 4.78 is 0.444. The molecule has 1 aromatic heterocycles. The number of nitrogens with one attached hydrogen (secondary N) is 3. The number of hydrogen-bond donors (Lipinski definition) is 3. The summed E-state index contributed by atoms with van der Waals surface area (Å²) in [5.41, 5.74) is 1.93. The van der Waals surface area contributed by atoms with Gasteiger partial charge in [-0.3, -0.25) is 10.8 Å². The predicted molar refractivity (Wildman–Crippen MR) is 96.7 cm³/mol. The first-order chi connectivity index (χ1) is 9.70. The lowest BCUT2D eigenvalue weighted by Crippen LogP contribution is -1.96. The molecule has 2 aromatic rings. The normalized spacial score (nSPS) is 9.05. The minimum absolute atomic E-state index is 0.419. The van der Waals surface area contributed by atoms with Crippen LogP contribution in [0.2, 0.25) is 0 Å². The maximum atomic E-state index is 7.89. The van der Waals surface area contributed by atoms with Crippen LogP contribution in [0.1, 0.15) is 33.3 Å². The summed E-state index contributed by atoms with van der Waals surface area (Å²) >= 11 is 2.54. The zero-order chi connectivity index (χ0) is 15.5. The standard InChI is InChI=1S/C11H11N3S2.2C2H6/c1-15-11(13)16-10(12)8-2-3-9-7(6-8)4-5-14-9;2*1-2/h2-6,12-14H,1H3;2*1-2H3. The third-order valence-electron chi connectivity index (χ3n) is 2.20. The molecule has 0 unspecified atom stereocenters. The Morgan fingerprint density at radius 3 is 2.30 bits per heavy atom. The minimum Gasteiger partial charge on any atom is -0.361 e. The van der Waals surface area contributed by atoms with Crippen molar-refractivity contribution in [2.45, 2.75) is 27.7 Å². The highest BCUT2D eigenvalue weighted by atomic mass is 32.2. The molecule has 1 aromatic carbocycles. The largest absolute Gasteiger partial charge is 0.361 e. The van der Waals surface area contributed by atoms with E-state index in [1.165, 1.54) is 23.5 Å². The molecule has 3 N–H and O–H groups in total. The summed E-state index contributed by atoms with van der Waals surface area (Å²) in [5, 5.41) is 16.9. The van der Waals surface area contributed by atoms with Crippen molar-refractivity contribution in [3.8, 4) is 0 Å². The molecule has 0 saturated carbocycles. The van der Waals surface area contributed by atoms with Crippen LogP contribution in [0.15, 0.2) is 30.5 Å². The fourth-order valence-electron chi connectivity index (χ4n) is 1.39. The SMILES string of the molecule is CC.CC.CSC(=N)SC(=N)c1ccc2[nH]ccc2c1. The first-order valence-electron chi connectivity index (χ1n) is 6.67. The molecule has 0 aliphatic rings. The number of aromatic amines is 1. The average Bonchev–Trinajstić information content (AvgIpc) is 2.98. The molecule has 0 bridgehead atoms. The van der Waals surface area contributed by atoms with E-state index in [4.69, 9.17) is 10.8 Å². The summed E-state index contributed by atoms with van der Waals surface area (Å²) in [4.78, 5) is 3.11. The number of thioether (sulfide) groups is 2. The van der Waals surface area contributed by atoms with Gasteiger partial charge in [-0.05, 0) is 36.2 Å². The number of H-pyrrole nitrogens is 1. The van der Waals surface area contributed by atoms with E-state index < -0.39 is 0 Å². The van der Waals surface area contributed by atoms with Gasteiger partial charge in [-0.2, -0.15) is 0 Å². The maximum Gasteiger partial charge on any atom is 0.127 e. The van der Waals surface area contributed by atoms with Gasteiger partial charge in [0, 0.05) is 22.7 Å². The Labute approximate surface area is 130 Å². The zero-order valence-corrected chi connectivity index (χ0v) is 14.3. The third-order valence-corrected chi connectivity index (χ3v) is 3.94. The van der Waals surface area contributed by atoms with Crippen LogP contribution in [0.5, 0.6) is 0 Å². The van der Waals surface area contributed by atoms with Crippen LogP contribution in [0, 0.1) is 10.8 Å². The summed E-state index contributed by atoms with van der Waals surface area (Å²) in [6.45, 7) is 8.00. The molecule has 0 spiro atoms. The fourth-order valence-corrected chi connectivity index (χ4v) is 2.40. The van der Waals surface area contributed by atoms with Gasteiger partial charge < -0.3 is 4.98 Å². The van der Waals surface area contributed by atoms with Gasteiger partial charge in [0.05, 0.1) is 0 Å². The lowest BCUT2D eigenvalue weighted by Gasteiger charge is -2.03. The van der Waals surface area contributed by atoms with Crippen LogP contribution in [0.3, 0.4) is 0 Å². The lowest BCUT2D eigenvalue weighted by atomic mass is 10.2. The Kier molecular flexibility index (Phi) is 9.94. The van der Waals surface area contributed by atoms with E-state index >= 15 is 0 Å². The van der Waals surface area contributed by atoms with Crippen LogP contribution >= 0.6 is 23.5 Å². The topological polar surface area (TPSA) is 63.5 Å². The molecular weight excluding hydrogens is 286 g/mol. The molecule has 5 heteroatoms. The molecule has 0 aliphatic carbocycles. The highest BCUT2D eigenvalue weighted by molar-refractivity contribution is 8.44. The van der Waals surface area contributed by atoms with Crippen molar-refractivity contribution in [2.24, 2.45) is 0 Å². The van der Waals surface area contributed by atoms with Gasteiger partial charge in [-0.1, -0.05) is 33.8 Å². The van der Waals surface area contributed by atoms with Crippen molar-refractivity contribution in [2.75, 3.05) is 6.26 Å². The number of benzene rings is 1. The van der Waals surface area contributed by atoms with Crippen molar-refractivity contribution in [1.82, 2.24) is 4.98 Å². The van der Waals surface area contributed by atoms with Crippen LogP contribution in [0.25, 0.3) is 10.9 Å². The van der Waals surface area contributed by atoms with Gasteiger partial charge in [0.2, 0.25) is 0 Å². The Morgan fingerprint density at radius 2 is 1.70 bits per heavy atom. The summed E-state index contributed by atoms with van der Waals surface area (Å²) in [6, 6.07) is 7.82. The first-order valence-corrected chi connectivity index (χ1v) is 8.71. The maximum absolute atomic E-state index is 7.89. The van der Waals surface area contributed by atoms with E-state index in [1.807, 2.05) is 64.4 Å². The van der Waals surface area contributed by atoms with Gasteiger partial charge in [-0.25, -0.2) is 0 Å². The zero-order valence-electron chi connectivity index (χ0n) is 12.7. The highest BCUT2D eigenvalue weighted by Crippen LogP contribution is 2.21. The molecule has 0 aliphatic heterocycles. The third kappa shape index (κ3) is 5.43. The van der Waals surface area contributed by atoms with Gasteiger partial charge in [0.15, 0.2) is 0 Å². The van der Waals surface area contributed by atoms with Gasteiger partial charge in [0.1, 0.15) is 9.42 Å². The van der Waals surface area contributed by atoms with Crippen molar-refractivity contribution in [1.29, 1.82) is 10.8 Å². The predicted octanol–water partition coefficient (Wildman–Crippen LogP) is 5.58. The van der Waals surface area contributed by atoms with Crippen LogP contribution in [0.4, 0.5) is 0 Å². The van der Waals surface area contributed by atoms with Crippen molar-refractivity contribution in [3.05, 3.63) is 36.0 Å². The lowest BCUT2D eigenvalue weighted by molar-refractivity contribution is 1.47. The number of rotatable bonds is 1. The molecule has 2 rings (SSSR count). The molecule has 0 atom stereocenters. The smallest absolute Gasteiger partial charge is 0.127 e. The summed E-state index contributed by atoms with van der Waals surface area (Å²) in [5.74, 6) is 0. The number of hydrogen-bond acceptors (Lipinski definition) is 4. The monoisotopic (exact) mass is 309 g/mol. The molecule has 0 fully saturated rings.